The van der Waals surface area contributed by atoms with Gasteiger partial charge in [0.25, 0.3) is 0 Å². The highest BCUT2D eigenvalue weighted by atomic mass is 16.4. The molecule has 2 aromatic carbocycles. The first-order valence-corrected chi connectivity index (χ1v) is 8.57. The van der Waals surface area contributed by atoms with Crippen molar-refractivity contribution in [3.8, 4) is 0 Å². The molecule has 0 radical (unpaired) electrons. The van der Waals surface area contributed by atoms with Crippen LogP contribution in [0.2, 0.25) is 0 Å². The van der Waals surface area contributed by atoms with E-state index in [9.17, 15) is 4.79 Å². The molecule has 3 aromatic rings. The number of unbranched alkanes of at least 4 members (excludes halogenated alkanes) is 2. The molecule has 0 amide bonds. The van der Waals surface area contributed by atoms with Crippen molar-refractivity contribution in [3.63, 3.8) is 0 Å². The summed E-state index contributed by atoms with van der Waals surface area (Å²) in [6, 6.07) is 22.5. The maximum absolute atomic E-state index is 10.6. The Kier molecular flexibility index (Phi) is 5.57. The summed E-state index contributed by atoms with van der Waals surface area (Å²) in [6.45, 7) is 0. The summed E-state index contributed by atoms with van der Waals surface area (Å²) < 4.78 is 0. The molecule has 0 bridgehead atoms. The SMILES string of the molecule is O=C(O)CCCCC=C(c1ccccc1)c1ccc2ccccc2n1. The Labute approximate surface area is 147 Å². The van der Waals surface area contributed by atoms with Crippen LogP contribution < -0.4 is 0 Å². The van der Waals surface area contributed by atoms with Crippen molar-refractivity contribution in [2.45, 2.75) is 25.7 Å². The monoisotopic (exact) mass is 331 g/mol. The van der Waals surface area contributed by atoms with E-state index in [1.807, 2.05) is 36.4 Å². The summed E-state index contributed by atoms with van der Waals surface area (Å²) in [5, 5.41) is 9.88. The number of allylic oxidation sites excluding steroid dienone is 1. The van der Waals surface area contributed by atoms with Gasteiger partial charge in [-0.1, -0.05) is 60.7 Å². The van der Waals surface area contributed by atoms with Gasteiger partial charge in [-0.15, -0.1) is 0 Å². The highest BCUT2D eigenvalue weighted by molar-refractivity contribution is 5.84. The van der Waals surface area contributed by atoms with Gasteiger partial charge in [-0.05, 0) is 37.0 Å². The summed E-state index contributed by atoms with van der Waals surface area (Å²) in [5.74, 6) is -0.733. The molecule has 0 saturated carbocycles. The molecular formula is C22H21NO2. The van der Waals surface area contributed by atoms with Gasteiger partial charge in [0.1, 0.15) is 0 Å². The van der Waals surface area contributed by atoms with Crippen LogP contribution >= 0.6 is 0 Å². The van der Waals surface area contributed by atoms with E-state index in [0.717, 1.165) is 40.6 Å². The molecule has 0 fully saturated rings. The van der Waals surface area contributed by atoms with Crippen LogP contribution in [-0.2, 0) is 4.79 Å². The number of pyridine rings is 1. The Morgan fingerprint density at radius 3 is 2.48 bits per heavy atom. The molecule has 0 spiro atoms. The van der Waals surface area contributed by atoms with Gasteiger partial charge >= 0.3 is 5.97 Å². The van der Waals surface area contributed by atoms with Crippen molar-refractivity contribution in [1.29, 1.82) is 0 Å². The molecule has 1 heterocycles. The van der Waals surface area contributed by atoms with Crippen molar-refractivity contribution in [3.05, 3.63) is 84.1 Å². The van der Waals surface area contributed by atoms with Gasteiger partial charge in [0, 0.05) is 17.4 Å². The van der Waals surface area contributed by atoms with Crippen LogP contribution in [-0.4, -0.2) is 16.1 Å². The summed E-state index contributed by atoms with van der Waals surface area (Å²) >= 11 is 0. The molecule has 0 aliphatic carbocycles. The minimum absolute atomic E-state index is 0.225. The van der Waals surface area contributed by atoms with E-state index >= 15 is 0 Å². The number of carboxylic acid groups (broad SMARTS) is 1. The highest BCUT2D eigenvalue weighted by Crippen LogP contribution is 2.25. The Morgan fingerprint density at radius 2 is 1.68 bits per heavy atom. The number of hydrogen-bond donors (Lipinski definition) is 1. The van der Waals surface area contributed by atoms with Crippen LogP contribution in [0.5, 0.6) is 0 Å². The molecule has 0 aliphatic heterocycles. The quantitative estimate of drug-likeness (QED) is 0.597. The van der Waals surface area contributed by atoms with Crippen LogP contribution in [0, 0.1) is 0 Å². The first-order chi connectivity index (χ1) is 12.2. The fraction of sp³-hybridized carbons (Fsp3) is 0.182. The molecule has 3 heteroatoms. The largest absolute Gasteiger partial charge is 0.481 e. The number of hydrogen-bond acceptors (Lipinski definition) is 2. The molecule has 25 heavy (non-hydrogen) atoms. The summed E-state index contributed by atoms with van der Waals surface area (Å²) in [4.78, 5) is 15.5. The van der Waals surface area contributed by atoms with E-state index in [1.54, 1.807) is 0 Å². The molecule has 1 N–H and O–H groups in total. The number of carboxylic acids is 1. The highest BCUT2D eigenvalue weighted by Gasteiger charge is 2.07. The number of benzene rings is 2. The lowest BCUT2D eigenvalue weighted by Crippen LogP contribution is -1.94. The van der Waals surface area contributed by atoms with Crippen molar-refractivity contribution < 1.29 is 9.90 Å². The average Bonchev–Trinajstić information content (AvgIpc) is 2.65. The van der Waals surface area contributed by atoms with Gasteiger partial charge in [-0.3, -0.25) is 4.79 Å². The van der Waals surface area contributed by atoms with Gasteiger partial charge in [0.05, 0.1) is 11.2 Å². The van der Waals surface area contributed by atoms with Crippen LogP contribution in [0.1, 0.15) is 36.9 Å². The van der Waals surface area contributed by atoms with Crippen LogP contribution in [0.3, 0.4) is 0 Å². The molecule has 0 atom stereocenters. The van der Waals surface area contributed by atoms with Crippen molar-refractivity contribution in [1.82, 2.24) is 4.98 Å². The minimum Gasteiger partial charge on any atom is -0.481 e. The number of nitrogens with zero attached hydrogens (tertiary/aromatic N) is 1. The molecule has 126 valence electrons. The fourth-order valence-corrected chi connectivity index (χ4v) is 2.87. The van der Waals surface area contributed by atoms with Crippen LogP contribution in [0.4, 0.5) is 0 Å². The van der Waals surface area contributed by atoms with Crippen LogP contribution in [0.25, 0.3) is 16.5 Å². The van der Waals surface area contributed by atoms with Crippen molar-refractivity contribution in [2.24, 2.45) is 0 Å². The zero-order valence-electron chi connectivity index (χ0n) is 14.1. The maximum atomic E-state index is 10.6. The number of carbonyl (C=O) groups is 1. The molecule has 1 aromatic heterocycles. The predicted octanol–water partition coefficient (Wildman–Crippen LogP) is 5.31. The van der Waals surface area contributed by atoms with E-state index in [1.165, 1.54) is 0 Å². The minimum atomic E-state index is -0.733. The topological polar surface area (TPSA) is 50.2 Å². The Hall–Kier alpha value is -2.94. The van der Waals surface area contributed by atoms with Gasteiger partial charge in [0.2, 0.25) is 0 Å². The van der Waals surface area contributed by atoms with Gasteiger partial charge in [-0.2, -0.15) is 0 Å². The number of fused-ring (bicyclic) bond motifs is 1. The summed E-state index contributed by atoms with van der Waals surface area (Å²) in [6.07, 6.45) is 4.79. The Balaban J connectivity index is 1.88. The molecule has 3 nitrogen and oxygen atoms in total. The van der Waals surface area contributed by atoms with E-state index in [-0.39, 0.29) is 6.42 Å². The maximum Gasteiger partial charge on any atom is 0.303 e. The Bertz CT molecular complexity index is 885. The van der Waals surface area contributed by atoms with Crippen LogP contribution in [0.15, 0.2) is 72.8 Å². The molecule has 0 aliphatic rings. The average molecular weight is 331 g/mol. The van der Waals surface area contributed by atoms with E-state index in [4.69, 9.17) is 10.1 Å². The molecular weight excluding hydrogens is 310 g/mol. The third-order valence-corrected chi connectivity index (χ3v) is 4.15. The number of aliphatic carboxylic acids is 1. The predicted molar refractivity (Wildman–Crippen MR) is 101 cm³/mol. The second-order valence-electron chi connectivity index (χ2n) is 6.01. The second kappa shape index (κ2) is 8.25. The first kappa shape index (κ1) is 16.9. The first-order valence-electron chi connectivity index (χ1n) is 8.57. The lowest BCUT2D eigenvalue weighted by Gasteiger charge is -2.09. The van der Waals surface area contributed by atoms with Gasteiger partial charge in [-0.25, -0.2) is 4.98 Å². The zero-order valence-corrected chi connectivity index (χ0v) is 14.1. The van der Waals surface area contributed by atoms with Gasteiger partial charge < -0.3 is 5.11 Å². The van der Waals surface area contributed by atoms with E-state index < -0.39 is 5.97 Å². The van der Waals surface area contributed by atoms with Crippen molar-refractivity contribution >= 4 is 22.4 Å². The number of aromatic nitrogens is 1. The molecule has 0 saturated heterocycles. The molecule has 3 rings (SSSR count). The fourth-order valence-electron chi connectivity index (χ4n) is 2.87. The summed E-state index contributed by atoms with van der Waals surface area (Å²) in [7, 11) is 0. The smallest absolute Gasteiger partial charge is 0.303 e. The van der Waals surface area contributed by atoms with Gasteiger partial charge in [0.15, 0.2) is 0 Å². The Morgan fingerprint density at radius 1 is 0.920 bits per heavy atom. The molecule has 0 unspecified atom stereocenters. The van der Waals surface area contributed by atoms with Crippen molar-refractivity contribution in [2.75, 3.05) is 0 Å². The zero-order chi connectivity index (χ0) is 17.5. The third-order valence-electron chi connectivity index (χ3n) is 4.15. The lowest BCUT2D eigenvalue weighted by atomic mass is 9.99. The second-order valence-corrected chi connectivity index (χ2v) is 6.01. The number of para-hydroxylation sites is 1. The summed E-state index contributed by atoms with van der Waals surface area (Å²) in [5.41, 5.74) is 4.15. The standard InChI is InChI=1S/C22H21NO2/c24-22(25)14-6-2-5-12-19(17-9-3-1-4-10-17)21-16-15-18-11-7-8-13-20(18)23-21/h1,3-4,7-13,15-16H,2,5-6,14H2,(H,24,25). The van der Waals surface area contributed by atoms with E-state index in [2.05, 4.69) is 36.4 Å². The normalized spacial score (nSPS) is 11.6. The third kappa shape index (κ3) is 4.54. The number of rotatable bonds is 7. The lowest BCUT2D eigenvalue weighted by molar-refractivity contribution is -0.137. The van der Waals surface area contributed by atoms with E-state index in [0.29, 0.717) is 6.42 Å².